The lowest BCUT2D eigenvalue weighted by Gasteiger charge is -2.35. The SMILES string of the molecule is NC1(c2c(F)cccc2F)CCc2ccccc2C1. The van der Waals surface area contributed by atoms with Crippen LogP contribution in [0.4, 0.5) is 8.78 Å². The van der Waals surface area contributed by atoms with Gasteiger partial charge in [0.1, 0.15) is 11.6 Å². The van der Waals surface area contributed by atoms with E-state index in [9.17, 15) is 8.78 Å². The van der Waals surface area contributed by atoms with Gasteiger partial charge in [0.25, 0.3) is 0 Å². The van der Waals surface area contributed by atoms with Gasteiger partial charge in [-0.25, -0.2) is 8.78 Å². The summed E-state index contributed by atoms with van der Waals surface area (Å²) in [6.45, 7) is 0. The summed E-state index contributed by atoms with van der Waals surface area (Å²) in [7, 11) is 0. The van der Waals surface area contributed by atoms with Crippen LogP contribution >= 0.6 is 0 Å². The minimum atomic E-state index is -0.955. The lowest BCUT2D eigenvalue weighted by atomic mass is 9.74. The molecule has 0 amide bonds. The fourth-order valence-electron chi connectivity index (χ4n) is 2.95. The van der Waals surface area contributed by atoms with Gasteiger partial charge < -0.3 is 5.73 Å². The first-order valence-electron chi connectivity index (χ1n) is 6.40. The quantitative estimate of drug-likeness (QED) is 0.835. The first-order valence-corrected chi connectivity index (χ1v) is 6.40. The minimum Gasteiger partial charge on any atom is -0.321 e. The molecule has 1 atom stereocenters. The zero-order chi connectivity index (χ0) is 13.5. The normalized spacial score (nSPS) is 22.1. The molecular formula is C16H15F2N. The summed E-state index contributed by atoms with van der Waals surface area (Å²) in [5.41, 5.74) is 7.69. The molecule has 0 aromatic heterocycles. The Bertz CT molecular complexity index is 604. The van der Waals surface area contributed by atoms with Gasteiger partial charge in [0.05, 0.1) is 5.54 Å². The molecule has 1 aliphatic carbocycles. The molecule has 0 radical (unpaired) electrons. The number of hydrogen-bond donors (Lipinski definition) is 1. The second-order valence-electron chi connectivity index (χ2n) is 5.20. The van der Waals surface area contributed by atoms with Crippen molar-refractivity contribution >= 4 is 0 Å². The molecule has 0 saturated heterocycles. The van der Waals surface area contributed by atoms with Gasteiger partial charge >= 0.3 is 0 Å². The summed E-state index contributed by atoms with van der Waals surface area (Å²) in [5, 5.41) is 0. The molecule has 98 valence electrons. The number of fused-ring (bicyclic) bond motifs is 1. The molecule has 2 aromatic carbocycles. The van der Waals surface area contributed by atoms with Crippen molar-refractivity contribution in [3.05, 3.63) is 70.8 Å². The predicted molar refractivity (Wildman–Crippen MR) is 70.7 cm³/mol. The summed E-state index contributed by atoms with van der Waals surface area (Å²) in [5.74, 6) is -1.11. The van der Waals surface area contributed by atoms with Crippen LogP contribution in [0.5, 0.6) is 0 Å². The minimum absolute atomic E-state index is 0.0181. The van der Waals surface area contributed by atoms with Gasteiger partial charge in [-0.05, 0) is 42.5 Å². The molecule has 3 rings (SSSR count). The van der Waals surface area contributed by atoms with Crippen LogP contribution in [0.2, 0.25) is 0 Å². The summed E-state index contributed by atoms with van der Waals surface area (Å²) in [4.78, 5) is 0. The van der Waals surface area contributed by atoms with Gasteiger partial charge in [0.15, 0.2) is 0 Å². The molecular weight excluding hydrogens is 244 g/mol. The van der Waals surface area contributed by atoms with Crippen molar-refractivity contribution in [2.45, 2.75) is 24.8 Å². The van der Waals surface area contributed by atoms with Crippen molar-refractivity contribution < 1.29 is 8.78 Å². The van der Waals surface area contributed by atoms with Crippen LogP contribution < -0.4 is 5.73 Å². The van der Waals surface area contributed by atoms with Crippen LogP contribution in [-0.2, 0) is 18.4 Å². The maximum Gasteiger partial charge on any atom is 0.131 e. The lowest BCUT2D eigenvalue weighted by molar-refractivity contribution is 0.350. The van der Waals surface area contributed by atoms with E-state index in [-0.39, 0.29) is 5.56 Å². The largest absolute Gasteiger partial charge is 0.321 e. The van der Waals surface area contributed by atoms with E-state index < -0.39 is 17.2 Å². The van der Waals surface area contributed by atoms with Gasteiger partial charge in [-0.15, -0.1) is 0 Å². The zero-order valence-electron chi connectivity index (χ0n) is 10.5. The van der Waals surface area contributed by atoms with Crippen LogP contribution in [0, 0.1) is 11.6 Å². The Morgan fingerprint density at radius 1 is 0.895 bits per heavy atom. The van der Waals surface area contributed by atoms with Crippen LogP contribution in [0.15, 0.2) is 42.5 Å². The molecule has 0 spiro atoms. The van der Waals surface area contributed by atoms with Crippen molar-refractivity contribution in [3.63, 3.8) is 0 Å². The molecule has 1 aliphatic rings. The topological polar surface area (TPSA) is 26.0 Å². The first-order chi connectivity index (χ1) is 9.10. The van der Waals surface area contributed by atoms with Gasteiger partial charge in [-0.1, -0.05) is 30.3 Å². The number of halogens is 2. The smallest absolute Gasteiger partial charge is 0.131 e. The Kier molecular flexibility index (Phi) is 2.86. The summed E-state index contributed by atoms with van der Waals surface area (Å²) in [6, 6.07) is 11.9. The van der Waals surface area contributed by atoms with Crippen molar-refractivity contribution in [1.82, 2.24) is 0 Å². The second kappa shape index (κ2) is 4.42. The third kappa shape index (κ3) is 2.04. The van der Waals surface area contributed by atoms with E-state index in [0.717, 1.165) is 12.0 Å². The van der Waals surface area contributed by atoms with Crippen molar-refractivity contribution in [3.8, 4) is 0 Å². The zero-order valence-corrected chi connectivity index (χ0v) is 10.5. The van der Waals surface area contributed by atoms with E-state index in [1.807, 2.05) is 24.3 Å². The molecule has 0 aliphatic heterocycles. The summed E-state index contributed by atoms with van der Waals surface area (Å²) in [6.07, 6.45) is 1.78. The second-order valence-corrected chi connectivity index (χ2v) is 5.20. The van der Waals surface area contributed by atoms with Gasteiger partial charge in [0, 0.05) is 5.56 Å². The van der Waals surface area contributed by atoms with Gasteiger partial charge in [-0.2, -0.15) is 0 Å². The van der Waals surface area contributed by atoms with E-state index in [0.29, 0.717) is 12.8 Å². The summed E-state index contributed by atoms with van der Waals surface area (Å²) >= 11 is 0. The molecule has 1 nitrogen and oxygen atoms in total. The Balaban J connectivity index is 2.07. The maximum atomic E-state index is 13.9. The molecule has 0 bridgehead atoms. The molecule has 1 unspecified atom stereocenters. The highest BCUT2D eigenvalue weighted by Crippen LogP contribution is 2.36. The van der Waals surface area contributed by atoms with E-state index in [1.54, 1.807) is 0 Å². The van der Waals surface area contributed by atoms with Crippen LogP contribution in [0.1, 0.15) is 23.1 Å². The average molecular weight is 259 g/mol. The number of benzene rings is 2. The molecule has 0 fully saturated rings. The highest BCUT2D eigenvalue weighted by atomic mass is 19.1. The Labute approximate surface area is 111 Å². The molecule has 0 saturated carbocycles. The van der Waals surface area contributed by atoms with Gasteiger partial charge in [0.2, 0.25) is 0 Å². The molecule has 2 aromatic rings. The van der Waals surface area contributed by atoms with E-state index >= 15 is 0 Å². The van der Waals surface area contributed by atoms with Crippen LogP contribution in [0.3, 0.4) is 0 Å². The van der Waals surface area contributed by atoms with Crippen LogP contribution in [-0.4, -0.2) is 0 Å². The third-order valence-corrected chi connectivity index (χ3v) is 3.93. The Morgan fingerprint density at radius 2 is 1.53 bits per heavy atom. The first kappa shape index (κ1) is 12.3. The maximum absolute atomic E-state index is 13.9. The van der Waals surface area contributed by atoms with E-state index in [2.05, 4.69) is 0 Å². The Morgan fingerprint density at radius 3 is 2.21 bits per heavy atom. The average Bonchev–Trinajstić information content (AvgIpc) is 2.38. The van der Waals surface area contributed by atoms with Crippen molar-refractivity contribution in [1.29, 1.82) is 0 Å². The lowest BCUT2D eigenvalue weighted by Crippen LogP contribution is -2.43. The standard InChI is InChI=1S/C16H15F2N/c17-13-6-3-7-14(18)15(13)16(19)9-8-11-4-1-2-5-12(11)10-16/h1-7H,8-10,19H2. The van der Waals surface area contributed by atoms with E-state index in [4.69, 9.17) is 5.73 Å². The molecule has 2 N–H and O–H groups in total. The highest BCUT2D eigenvalue weighted by Gasteiger charge is 2.36. The van der Waals surface area contributed by atoms with Gasteiger partial charge in [-0.3, -0.25) is 0 Å². The van der Waals surface area contributed by atoms with E-state index in [1.165, 1.54) is 23.8 Å². The van der Waals surface area contributed by atoms with Crippen molar-refractivity contribution in [2.75, 3.05) is 0 Å². The Hall–Kier alpha value is -1.74. The molecule has 0 heterocycles. The monoisotopic (exact) mass is 259 g/mol. The molecule has 19 heavy (non-hydrogen) atoms. The third-order valence-electron chi connectivity index (χ3n) is 3.93. The van der Waals surface area contributed by atoms with Crippen LogP contribution in [0.25, 0.3) is 0 Å². The number of aryl methyl sites for hydroxylation is 1. The number of rotatable bonds is 1. The summed E-state index contributed by atoms with van der Waals surface area (Å²) < 4.78 is 27.9. The van der Waals surface area contributed by atoms with Crippen molar-refractivity contribution in [2.24, 2.45) is 5.73 Å². The fourth-order valence-corrected chi connectivity index (χ4v) is 2.95. The fraction of sp³-hybridized carbons (Fsp3) is 0.250. The number of nitrogens with two attached hydrogens (primary N) is 1. The number of hydrogen-bond acceptors (Lipinski definition) is 1. The predicted octanol–water partition coefficient (Wildman–Crippen LogP) is 3.31. The highest BCUT2D eigenvalue weighted by molar-refractivity contribution is 5.37. The molecule has 3 heteroatoms.